The fraction of sp³-hybridized carbons (Fsp3) is 0.312. The van der Waals surface area contributed by atoms with Crippen LogP contribution in [0.4, 0.5) is 5.82 Å². The van der Waals surface area contributed by atoms with Crippen LogP contribution in [0, 0.1) is 0 Å². The summed E-state index contributed by atoms with van der Waals surface area (Å²) in [5.74, 6) is -0.152. The van der Waals surface area contributed by atoms with Crippen LogP contribution in [-0.4, -0.2) is 21.5 Å². The number of nitrogens with zero attached hydrogens (tertiary/aromatic N) is 2. The first-order valence-electron chi connectivity index (χ1n) is 6.89. The zero-order chi connectivity index (χ0) is 16.3. The fourth-order valence-electron chi connectivity index (χ4n) is 1.76. The first-order valence-corrected chi connectivity index (χ1v) is 7.27. The van der Waals surface area contributed by atoms with Crippen LogP contribution < -0.4 is 5.32 Å². The van der Waals surface area contributed by atoms with Gasteiger partial charge in [-0.05, 0) is 39.8 Å². The quantitative estimate of drug-likeness (QED) is 0.685. The molecule has 0 radical (unpaired) electrons. The SMILES string of the molecule is C/C=C(\Nc1nc2ccccc2nc1Cl)C(=O)OC(C)(C)C. The summed E-state index contributed by atoms with van der Waals surface area (Å²) in [5, 5.41) is 3.09. The van der Waals surface area contributed by atoms with Crippen molar-refractivity contribution < 1.29 is 9.53 Å². The molecule has 0 aliphatic carbocycles. The largest absolute Gasteiger partial charge is 0.455 e. The zero-order valence-electron chi connectivity index (χ0n) is 13.0. The number of carbonyl (C=O) groups is 1. The van der Waals surface area contributed by atoms with Crippen molar-refractivity contribution in [2.75, 3.05) is 5.32 Å². The van der Waals surface area contributed by atoms with Crippen LogP contribution in [0.1, 0.15) is 27.7 Å². The van der Waals surface area contributed by atoms with Crippen molar-refractivity contribution in [2.45, 2.75) is 33.3 Å². The number of allylic oxidation sites excluding steroid dienone is 1. The first-order chi connectivity index (χ1) is 10.3. The van der Waals surface area contributed by atoms with Gasteiger partial charge in [-0.1, -0.05) is 29.8 Å². The summed E-state index contributed by atoms with van der Waals surface area (Å²) >= 11 is 6.13. The van der Waals surface area contributed by atoms with Gasteiger partial charge in [0.05, 0.1) is 11.0 Å². The molecule has 1 aromatic heterocycles. The van der Waals surface area contributed by atoms with Crippen LogP contribution in [0.15, 0.2) is 36.0 Å². The summed E-state index contributed by atoms with van der Waals surface area (Å²) in [4.78, 5) is 20.8. The minimum atomic E-state index is -0.577. The van der Waals surface area contributed by atoms with E-state index >= 15 is 0 Å². The maximum absolute atomic E-state index is 12.1. The normalized spacial score (nSPS) is 12.3. The number of fused-ring (bicyclic) bond motifs is 1. The maximum atomic E-state index is 12.1. The lowest BCUT2D eigenvalue weighted by atomic mass is 10.2. The fourth-order valence-corrected chi connectivity index (χ4v) is 1.94. The van der Waals surface area contributed by atoms with Crippen LogP contribution in [0.25, 0.3) is 11.0 Å². The molecule has 0 aliphatic heterocycles. The molecule has 0 unspecified atom stereocenters. The number of esters is 1. The number of halogens is 1. The van der Waals surface area contributed by atoms with Gasteiger partial charge in [-0.2, -0.15) is 0 Å². The molecule has 0 bridgehead atoms. The molecule has 0 aliphatic rings. The van der Waals surface area contributed by atoms with Crippen molar-refractivity contribution in [3.8, 4) is 0 Å². The molecule has 1 N–H and O–H groups in total. The number of ether oxygens (including phenoxy) is 1. The second-order valence-electron chi connectivity index (χ2n) is 5.68. The predicted molar refractivity (Wildman–Crippen MR) is 87.8 cm³/mol. The number of nitrogens with one attached hydrogen (secondary N) is 1. The summed E-state index contributed by atoms with van der Waals surface area (Å²) < 4.78 is 5.33. The van der Waals surface area contributed by atoms with Crippen molar-refractivity contribution in [3.63, 3.8) is 0 Å². The molecule has 0 saturated heterocycles. The summed E-state index contributed by atoms with van der Waals surface area (Å²) in [6.07, 6.45) is 1.61. The molecule has 2 aromatic rings. The second kappa shape index (κ2) is 6.32. The van der Waals surface area contributed by atoms with Gasteiger partial charge in [-0.25, -0.2) is 14.8 Å². The highest BCUT2D eigenvalue weighted by atomic mass is 35.5. The highest BCUT2D eigenvalue weighted by Gasteiger charge is 2.20. The van der Waals surface area contributed by atoms with E-state index in [4.69, 9.17) is 16.3 Å². The van der Waals surface area contributed by atoms with Gasteiger partial charge < -0.3 is 10.1 Å². The number of aromatic nitrogens is 2. The van der Waals surface area contributed by atoms with E-state index in [0.717, 1.165) is 0 Å². The molecule has 1 heterocycles. The Morgan fingerprint density at radius 1 is 1.23 bits per heavy atom. The zero-order valence-corrected chi connectivity index (χ0v) is 13.7. The molecule has 2 rings (SSSR count). The third-order valence-electron chi connectivity index (χ3n) is 2.69. The van der Waals surface area contributed by atoms with Gasteiger partial charge >= 0.3 is 5.97 Å². The summed E-state index contributed by atoms with van der Waals surface area (Å²) in [5.41, 5.74) is 1.07. The van der Waals surface area contributed by atoms with Crippen LogP contribution in [0.3, 0.4) is 0 Å². The number of benzene rings is 1. The Kier molecular flexibility index (Phi) is 4.66. The summed E-state index contributed by atoms with van der Waals surface area (Å²) in [7, 11) is 0. The molecule has 0 fully saturated rings. The molecule has 6 heteroatoms. The van der Waals surface area contributed by atoms with Gasteiger partial charge in [0, 0.05) is 0 Å². The monoisotopic (exact) mass is 319 g/mol. The molecule has 0 amide bonds. The highest BCUT2D eigenvalue weighted by Crippen LogP contribution is 2.23. The Morgan fingerprint density at radius 2 is 1.82 bits per heavy atom. The van der Waals surface area contributed by atoms with Crippen molar-refractivity contribution in [1.82, 2.24) is 9.97 Å². The lowest BCUT2D eigenvalue weighted by Crippen LogP contribution is -2.27. The Bertz CT molecular complexity index is 736. The van der Waals surface area contributed by atoms with Gasteiger partial charge in [-0.15, -0.1) is 0 Å². The van der Waals surface area contributed by atoms with E-state index in [-0.39, 0.29) is 10.9 Å². The third kappa shape index (κ3) is 3.95. The van der Waals surface area contributed by atoms with Crippen LogP contribution in [-0.2, 0) is 9.53 Å². The number of anilines is 1. The highest BCUT2D eigenvalue weighted by molar-refractivity contribution is 6.32. The summed E-state index contributed by atoms with van der Waals surface area (Å²) in [6.45, 7) is 7.15. The average Bonchev–Trinajstić information content (AvgIpc) is 2.43. The standard InChI is InChI=1S/C16H18ClN3O2/c1-5-10(15(21)22-16(2,3)4)19-14-13(17)18-11-8-6-7-9-12(11)20-14/h5-9H,1-4H3,(H,19,20)/b10-5-. The molecule has 0 saturated carbocycles. The molecule has 0 atom stereocenters. The minimum absolute atomic E-state index is 0.196. The molecule has 1 aromatic carbocycles. The van der Waals surface area contributed by atoms with E-state index in [1.807, 2.05) is 24.3 Å². The molecule has 0 spiro atoms. The number of carbonyl (C=O) groups excluding carboxylic acids is 1. The van der Waals surface area contributed by atoms with E-state index in [1.54, 1.807) is 33.8 Å². The molecule has 5 nitrogen and oxygen atoms in total. The molecule has 22 heavy (non-hydrogen) atoms. The van der Waals surface area contributed by atoms with Crippen LogP contribution >= 0.6 is 11.6 Å². The lowest BCUT2D eigenvalue weighted by molar-refractivity contribution is -0.149. The van der Waals surface area contributed by atoms with E-state index in [0.29, 0.717) is 16.9 Å². The Labute approximate surface area is 134 Å². The van der Waals surface area contributed by atoms with Gasteiger partial charge in [0.2, 0.25) is 0 Å². The van der Waals surface area contributed by atoms with E-state index in [2.05, 4.69) is 15.3 Å². The number of rotatable bonds is 3. The number of hydrogen-bond acceptors (Lipinski definition) is 5. The van der Waals surface area contributed by atoms with E-state index < -0.39 is 11.6 Å². The van der Waals surface area contributed by atoms with Crippen molar-refractivity contribution in [3.05, 3.63) is 41.2 Å². The summed E-state index contributed by atoms with van der Waals surface area (Å²) in [6, 6.07) is 7.37. The lowest BCUT2D eigenvalue weighted by Gasteiger charge is -2.21. The maximum Gasteiger partial charge on any atom is 0.354 e. The third-order valence-corrected chi connectivity index (χ3v) is 2.95. The average molecular weight is 320 g/mol. The Morgan fingerprint density at radius 3 is 2.36 bits per heavy atom. The van der Waals surface area contributed by atoms with Gasteiger partial charge in [-0.3, -0.25) is 0 Å². The number of para-hydroxylation sites is 2. The Hall–Kier alpha value is -2.14. The van der Waals surface area contributed by atoms with Crippen molar-refractivity contribution in [2.24, 2.45) is 0 Å². The van der Waals surface area contributed by atoms with E-state index in [1.165, 1.54) is 0 Å². The van der Waals surface area contributed by atoms with Gasteiger partial charge in [0.15, 0.2) is 11.0 Å². The van der Waals surface area contributed by atoms with Crippen LogP contribution in [0.5, 0.6) is 0 Å². The molecular weight excluding hydrogens is 302 g/mol. The van der Waals surface area contributed by atoms with E-state index in [9.17, 15) is 4.79 Å². The van der Waals surface area contributed by atoms with Gasteiger partial charge in [0.25, 0.3) is 0 Å². The van der Waals surface area contributed by atoms with Crippen LogP contribution in [0.2, 0.25) is 5.15 Å². The smallest absolute Gasteiger partial charge is 0.354 e. The predicted octanol–water partition coefficient (Wildman–Crippen LogP) is 3.94. The topological polar surface area (TPSA) is 64.1 Å². The second-order valence-corrected chi connectivity index (χ2v) is 6.04. The molecule has 116 valence electrons. The Balaban J connectivity index is 2.28. The minimum Gasteiger partial charge on any atom is -0.455 e. The van der Waals surface area contributed by atoms with Crippen molar-refractivity contribution in [1.29, 1.82) is 0 Å². The van der Waals surface area contributed by atoms with Gasteiger partial charge in [0.1, 0.15) is 11.3 Å². The first kappa shape index (κ1) is 16.2. The van der Waals surface area contributed by atoms with Crippen molar-refractivity contribution >= 4 is 34.4 Å². The molecular formula is C16H18ClN3O2. The number of hydrogen-bond donors (Lipinski definition) is 1.